The third-order valence-corrected chi connectivity index (χ3v) is 4.74. The van der Waals surface area contributed by atoms with Gasteiger partial charge in [0.05, 0.1) is 0 Å². The fourth-order valence-electron chi connectivity index (χ4n) is 1.83. The van der Waals surface area contributed by atoms with Gasteiger partial charge in [0.15, 0.2) is 0 Å². The Bertz CT molecular complexity index is 242. The summed E-state index contributed by atoms with van der Waals surface area (Å²) in [5.74, 6) is 0.245. The van der Waals surface area contributed by atoms with Gasteiger partial charge in [-0.1, -0.05) is 13.3 Å². The van der Waals surface area contributed by atoms with Gasteiger partial charge >= 0.3 is 0 Å². The molecule has 14 heavy (non-hydrogen) atoms. The van der Waals surface area contributed by atoms with Crippen LogP contribution >= 0.6 is 0 Å². The number of hydrogen-bond donors (Lipinski definition) is 1. The molecular formula is C10H21N2OSi+. The Morgan fingerprint density at radius 3 is 2.93 bits per heavy atom. The highest BCUT2D eigenvalue weighted by atomic mass is 28.1. The maximum Gasteiger partial charge on any atom is 0.287 e. The molecule has 1 aliphatic heterocycles. The maximum atomic E-state index is 11.7. The Kier molecular flexibility index (Phi) is 3.86. The summed E-state index contributed by atoms with van der Waals surface area (Å²) in [4.78, 5) is 16.6. The average Bonchev–Trinajstić information content (AvgIpc) is 2.58. The van der Waals surface area contributed by atoms with E-state index in [4.69, 9.17) is 0 Å². The predicted octanol–water partition coefficient (Wildman–Crippen LogP) is -1.68. The van der Waals surface area contributed by atoms with E-state index >= 15 is 0 Å². The number of carbonyl (C=O) groups is 1. The fourth-order valence-corrected chi connectivity index (χ4v) is 2.43. The number of carbonyl (C=O) groups excluding carboxylic acids is 1. The summed E-state index contributed by atoms with van der Waals surface area (Å²) in [6.45, 7) is 6.54. The number of hydrogen-bond acceptors (Lipinski definition) is 1. The molecule has 1 fully saturated rings. The Morgan fingerprint density at radius 2 is 2.43 bits per heavy atom. The molecular weight excluding hydrogens is 192 g/mol. The molecule has 1 atom stereocenters. The number of nitrogens with zero attached hydrogens (tertiary/aromatic N) is 1. The maximum absolute atomic E-state index is 11.7. The minimum Gasteiger partial charge on any atom is -0.337 e. The Balaban J connectivity index is 2.45. The molecule has 1 N–H and O–H groups in total. The average molecular weight is 213 g/mol. The second kappa shape index (κ2) is 4.73. The van der Waals surface area contributed by atoms with Gasteiger partial charge in [-0.15, -0.1) is 0 Å². The third-order valence-electron chi connectivity index (χ3n) is 3.22. The minimum atomic E-state index is 0.245. The number of rotatable bonds is 3. The topological polar surface area (TPSA) is 34.3 Å². The van der Waals surface area contributed by atoms with E-state index in [1.807, 2.05) is 18.0 Å². The van der Waals surface area contributed by atoms with Crippen molar-refractivity contribution in [2.45, 2.75) is 31.7 Å². The Morgan fingerprint density at radius 1 is 1.71 bits per heavy atom. The largest absolute Gasteiger partial charge is 0.337 e. The van der Waals surface area contributed by atoms with Gasteiger partial charge in [-0.25, -0.2) is 4.99 Å². The van der Waals surface area contributed by atoms with Gasteiger partial charge in [0.25, 0.3) is 5.91 Å². The summed E-state index contributed by atoms with van der Waals surface area (Å²) >= 11 is 0. The van der Waals surface area contributed by atoms with Crippen LogP contribution in [0.4, 0.5) is 0 Å². The zero-order chi connectivity index (χ0) is 10.6. The number of nitrogens with one attached hydrogen (secondary N) is 1. The predicted molar refractivity (Wildman–Crippen MR) is 61.7 cm³/mol. The van der Waals surface area contributed by atoms with E-state index in [0.29, 0.717) is 11.6 Å². The van der Waals surface area contributed by atoms with Crippen molar-refractivity contribution in [3.63, 3.8) is 0 Å². The molecule has 1 saturated heterocycles. The molecule has 0 saturated carbocycles. The molecule has 0 aromatic heterocycles. The summed E-state index contributed by atoms with van der Waals surface area (Å²) in [7, 11) is 1.20. The molecule has 0 aromatic carbocycles. The molecule has 1 unspecified atom stereocenters. The zero-order valence-electron chi connectivity index (χ0n) is 9.47. The lowest BCUT2D eigenvalue weighted by atomic mass is 10.1. The van der Waals surface area contributed by atoms with E-state index in [0.717, 1.165) is 13.1 Å². The van der Waals surface area contributed by atoms with Crippen LogP contribution in [-0.2, 0) is 4.79 Å². The van der Waals surface area contributed by atoms with Crippen LogP contribution in [0.5, 0.6) is 0 Å². The van der Waals surface area contributed by atoms with Gasteiger partial charge in [0.1, 0.15) is 6.21 Å². The quantitative estimate of drug-likeness (QED) is 0.441. The lowest BCUT2D eigenvalue weighted by molar-refractivity contribution is -0.440. The van der Waals surface area contributed by atoms with Gasteiger partial charge in [-0.05, 0) is 11.5 Å². The zero-order valence-corrected chi connectivity index (χ0v) is 11.5. The van der Waals surface area contributed by atoms with Crippen LogP contribution in [0, 0.1) is 0 Å². The Labute approximate surface area is 89.0 Å². The standard InChI is InChI=1S/C10H20N2OSi/c1-3-10(14)5-6-12(8-10)9(13)7-11-4-2/h4H,3,5-8H2,1-2,14H3/p+1. The highest BCUT2D eigenvalue weighted by Crippen LogP contribution is 2.37. The monoisotopic (exact) mass is 213 g/mol. The first-order chi connectivity index (χ1) is 6.61. The summed E-state index contributed by atoms with van der Waals surface area (Å²) < 4.78 is 0. The molecule has 1 amide bonds. The van der Waals surface area contributed by atoms with Crippen LogP contribution in [0.3, 0.4) is 0 Å². The smallest absolute Gasteiger partial charge is 0.287 e. The van der Waals surface area contributed by atoms with E-state index in [-0.39, 0.29) is 5.91 Å². The van der Waals surface area contributed by atoms with E-state index in [1.54, 1.807) is 0 Å². The van der Waals surface area contributed by atoms with Crippen LogP contribution in [0.2, 0.25) is 5.04 Å². The van der Waals surface area contributed by atoms with E-state index in [1.165, 1.54) is 23.1 Å². The minimum absolute atomic E-state index is 0.245. The molecule has 1 rings (SSSR count). The van der Waals surface area contributed by atoms with Crippen molar-refractivity contribution in [2.75, 3.05) is 19.6 Å². The summed E-state index contributed by atoms with van der Waals surface area (Å²) in [6, 6.07) is 0. The highest BCUT2D eigenvalue weighted by molar-refractivity contribution is 6.15. The van der Waals surface area contributed by atoms with Crippen molar-refractivity contribution in [2.24, 2.45) is 0 Å². The van der Waals surface area contributed by atoms with Gasteiger partial charge < -0.3 is 4.90 Å². The molecule has 0 aliphatic carbocycles. The van der Waals surface area contributed by atoms with Gasteiger partial charge in [-0.3, -0.25) is 4.79 Å². The molecule has 80 valence electrons. The van der Waals surface area contributed by atoms with E-state index in [9.17, 15) is 4.79 Å². The van der Waals surface area contributed by atoms with Crippen molar-refractivity contribution in [3.05, 3.63) is 0 Å². The molecule has 1 heterocycles. The van der Waals surface area contributed by atoms with E-state index < -0.39 is 0 Å². The molecule has 0 spiro atoms. The van der Waals surface area contributed by atoms with Crippen LogP contribution in [0.1, 0.15) is 26.7 Å². The second-order valence-corrected chi connectivity index (χ2v) is 6.52. The Hall–Kier alpha value is -0.643. The first-order valence-electron chi connectivity index (χ1n) is 5.40. The van der Waals surface area contributed by atoms with Crippen molar-refractivity contribution < 1.29 is 9.79 Å². The van der Waals surface area contributed by atoms with Crippen LogP contribution in [0.25, 0.3) is 0 Å². The normalized spacial score (nSPS) is 27.7. The number of amides is 1. The van der Waals surface area contributed by atoms with Crippen molar-refractivity contribution in [3.8, 4) is 0 Å². The lowest BCUT2D eigenvalue weighted by Gasteiger charge is -2.21. The third kappa shape index (κ3) is 2.67. The van der Waals surface area contributed by atoms with Gasteiger partial charge in [0.2, 0.25) is 6.54 Å². The second-order valence-electron chi connectivity index (χ2n) is 4.40. The van der Waals surface area contributed by atoms with Gasteiger partial charge in [0, 0.05) is 30.3 Å². The van der Waals surface area contributed by atoms with Gasteiger partial charge in [-0.2, -0.15) is 0 Å². The molecule has 4 heteroatoms. The first-order valence-corrected chi connectivity index (χ1v) is 6.40. The molecule has 0 bridgehead atoms. The van der Waals surface area contributed by atoms with Crippen LogP contribution in [-0.4, -0.2) is 46.9 Å². The SMILES string of the molecule is CC=[NH+]CC(=O)N1CCC([SiH3])(CC)C1. The first kappa shape index (κ1) is 11.4. The number of likely N-dealkylation sites (tertiary alicyclic amines) is 1. The van der Waals surface area contributed by atoms with Crippen molar-refractivity contribution in [1.82, 2.24) is 4.90 Å². The highest BCUT2D eigenvalue weighted by Gasteiger charge is 2.34. The molecule has 0 aromatic rings. The van der Waals surface area contributed by atoms with Crippen molar-refractivity contribution in [1.29, 1.82) is 0 Å². The lowest BCUT2D eigenvalue weighted by Crippen LogP contribution is -2.72. The van der Waals surface area contributed by atoms with Crippen molar-refractivity contribution >= 4 is 22.4 Å². The molecule has 0 radical (unpaired) electrons. The summed E-state index contributed by atoms with van der Waals surface area (Å²) in [5.41, 5.74) is 0. The fraction of sp³-hybridized carbons (Fsp3) is 0.800. The summed E-state index contributed by atoms with van der Waals surface area (Å²) in [6.07, 6.45) is 4.25. The van der Waals surface area contributed by atoms with E-state index in [2.05, 4.69) is 11.9 Å². The molecule has 1 aliphatic rings. The summed E-state index contributed by atoms with van der Waals surface area (Å²) in [5, 5.41) is 0.492. The van der Waals surface area contributed by atoms with Crippen LogP contribution in [0.15, 0.2) is 0 Å². The van der Waals surface area contributed by atoms with Crippen LogP contribution < -0.4 is 4.99 Å². The molecule has 3 nitrogen and oxygen atoms in total.